The van der Waals surface area contributed by atoms with E-state index in [0.29, 0.717) is 7.35 Å². The topological polar surface area (TPSA) is 0 Å². The first-order valence-corrected chi connectivity index (χ1v) is 27.2. The predicted molar refractivity (Wildman–Crippen MR) is 192 cm³/mol. The van der Waals surface area contributed by atoms with E-state index in [1.165, 1.54) is 69.1 Å². The van der Waals surface area contributed by atoms with Crippen LogP contribution >= 0.6 is 0 Å². The van der Waals surface area contributed by atoms with Crippen LogP contribution in [0.4, 0.5) is 0 Å². The number of unbranched alkanes of at least 4 members (excludes halogenated alkanes) is 2. The number of hydrogen-bond donors (Lipinski definition) is 0. The van der Waals surface area contributed by atoms with Crippen LogP contribution in [0.15, 0.2) is 108 Å². The molecule has 0 fully saturated rings. The molecule has 1 aliphatic heterocycles. The van der Waals surface area contributed by atoms with Crippen molar-refractivity contribution in [2.75, 3.05) is 0 Å². The van der Waals surface area contributed by atoms with Gasteiger partial charge in [-0.25, -0.2) is 0 Å². The Hall–Kier alpha value is -2.77. The van der Waals surface area contributed by atoms with Crippen molar-refractivity contribution < 1.29 is 20.0 Å². The second-order valence-corrected chi connectivity index (χ2v) is 30.4. The molecule has 1 heteroatoms. The molecule has 0 amide bonds. The van der Waals surface area contributed by atoms with Gasteiger partial charge >= 0.3 is 279 Å². The Labute approximate surface area is 277 Å². The van der Waals surface area contributed by atoms with Gasteiger partial charge in [0.25, 0.3) is 0 Å². The molecule has 0 saturated heterocycles. The van der Waals surface area contributed by atoms with E-state index >= 15 is 0 Å². The van der Waals surface area contributed by atoms with E-state index in [1.54, 1.807) is 33.4 Å². The molecule has 0 aromatic heterocycles. The van der Waals surface area contributed by atoms with Crippen molar-refractivity contribution in [1.29, 1.82) is 0 Å². The van der Waals surface area contributed by atoms with Crippen molar-refractivity contribution >= 4 is 11.1 Å². The Balaban J connectivity index is 1.55. The van der Waals surface area contributed by atoms with Crippen LogP contribution < -0.4 is 0 Å². The van der Waals surface area contributed by atoms with Gasteiger partial charge < -0.3 is 0 Å². The van der Waals surface area contributed by atoms with E-state index in [-0.39, 0.29) is 0 Å². The van der Waals surface area contributed by atoms with E-state index in [2.05, 4.69) is 125 Å². The molecule has 4 aromatic rings. The summed E-state index contributed by atoms with van der Waals surface area (Å²) in [5.41, 5.74) is 19.6. The van der Waals surface area contributed by atoms with E-state index in [0.717, 1.165) is 12.8 Å². The molecular formula is C44H50Hf. The number of hydrogen-bond acceptors (Lipinski definition) is 0. The summed E-state index contributed by atoms with van der Waals surface area (Å²) < 4.78 is 4.39. The summed E-state index contributed by atoms with van der Waals surface area (Å²) in [4.78, 5) is 0. The second-order valence-electron chi connectivity index (χ2n) is 13.8. The van der Waals surface area contributed by atoms with E-state index in [4.69, 9.17) is 0 Å². The van der Waals surface area contributed by atoms with Gasteiger partial charge in [0.05, 0.1) is 0 Å². The average Bonchev–Trinajstić information content (AvgIpc) is 3.61. The molecule has 4 bridgehead atoms. The maximum absolute atomic E-state index is 3.37. The summed E-state index contributed by atoms with van der Waals surface area (Å²) in [6, 6.07) is 37.5. The van der Waals surface area contributed by atoms with E-state index in [1.807, 2.05) is 11.1 Å². The average molecular weight is 757 g/mol. The van der Waals surface area contributed by atoms with Crippen molar-refractivity contribution in [2.24, 2.45) is 0 Å². The van der Waals surface area contributed by atoms with Gasteiger partial charge in [0.2, 0.25) is 0 Å². The Kier molecular flexibility index (Phi) is 9.02. The monoisotopic (exact) mass is 758 g/mol. The molecule has 7 rings (SSSR count). The summed E-state index contributed by atoms with van der Waals surface area (Å²) in [5, 5.41) is 0. The fraction of sp³-hybridized carbons (Fsp3) is 0.364. The van der Waals surface area contributed by atoms with Crippen molar-refractivity contribution in [3.63, 3.8) is 0 Å². The summed E-state index contributed by atoms with van der Waals surface area (Å²) in [6.45, 7) is 9.85. The normalized spacial score (nSPS) is 19.6. The minimum absolute atomic E-state index is 0.687. The Morgan fingerprint density at radius 1 is 0.511 bits per heavy atom. The fourth-order valence-corrected chi connectivity index (χ4v) is 37.3. The molecule has 4 aromatic carbocycles. The third kappa shape index (κ3) is 5.04. The van der Waals surface area contributed by atoms with Gasteiger partial charge in [-0.1, -0.05) is 0 Å². The van der Waals surface area contributed by atoms with Crippen LogP contribution in [0.5, 0.6) is 0 Å². The standard InChI is InChI=1S/C36H32.2C4H9.Hf/c1-3-25-23-29-17-11-19-31(27-13-7-5-8-14-27)35(29)33(25)21-22-34-26(4-2)24-30-18-12-20-32(36(30)34)28-15-9-6-10-16-28;2*1-3-4-2;/h5-20,23-24H,3-4,21-22H2,1-2H3;2*1,3-4H2,2H3;. The first kappa shape index (κ1) is 30.9. The molecule has 0 spiro atoms. The van der Waals surface area contributed by atoms with Crippen molar-refractivity contribution in [3.05, 3.63) is 130 Å². The maximum atomic E-state index is 2.59. The first-order chi connectivity index (χ1) is 22.2. The van der Waals surface area contributed by atoms with Crippen molar-refractivity contribution in [1.82, 2.24) is 0 Å². The number of rotatable bonds is 10. The zero-order valence-corrected chi connectivity index (χ0v) is 31.6. The molecule has 45 heavy (non-hydrogen) atoms. The molecule has 0 N–H and O–H groups in total. The van der Waals surface area contributed by atoms with E-state index in [9.17, 15) is 0 Å². The third-order valence-corrected chi connectivity index (χ3v) is 33.8. The Morgan fingerprint density at radius 3 is 1.31 bits per heavy atom. The van der Waals surface area contributed by atoms with Crippen LogP contribution in [0.25, 0.3) is 33.4 Å². The van der Waals surface area contributed by atoms with Crippen LogP contribution in [0.2, 0.25) is 8.35 Å². The van der Waals surface area contributed by atoms with Gasteiger partial charge in [0.15, 0.2) is 0 Å². The SMILES string of the molecule is CCC[CH2][Hf]1([CH2]CCC)[CH]2C(CC)=C(CCC3=C(CC)[CH]1c1cccc(-c4ccccc4)c13)c1c(-c3ccccc3)cccc12. The summed E-state index contributed by atoms with van der Waals surface area (Å²) in [7, 11) is 0. The summed E-state index contributed by atoms with van der Waals surface area (Å²) in [6.07, 6.45) is 10.1. The molecule has 1 heterocycles. The summed E-state index contributed by atoms with van der Waals surface area (Å²) in [5.74, 6) is 0. The molecule has 2 unspecified atom stereocenters. The molecule has 0 saturated carbocycles. The molecule has 2 atom stereocenters. The van der Waals surface area contributed by atoms with Crippen LogP contribution in [-0.2, 0) is 20.0 Å². The Morgan fingerprint density at radius 2 is 0.933 bits per heavy atom. The van der Waals surface area contributed by atoms with Crippen LogP contribution in [0.3, 0.4) is 0 Å². The fourth-order valence-electron chi connectivity index (χ4n) is 9.91. The molecule has 3 aliphatic rings. The molecule has 230 valence electrons. The van der Waals surface area contributed by atoms with Crippen LogP contribution in [-0.4, -0.2) is 0 Å². The summed E-state index contributed by atoms with van der Waals surface area (Å²) >= 11 is -3.37. The molecule has 0 nitrogen and oxygen atoms in total. The van der Waals surface area contributed by atoms with Gasteiger partial charge in [0.1, 0.15) is 0 Å². The second kappa shape index (κ2) is 13.2. The minimum atomic E-state index is -3.37. The van der Waals surface area contributed by atoms with Crippen molar-refractivity contribution in [3.8, 4) is 22.3 Å². The van der Waals surface area contributed by atoms with Gasteiger partial charge in [-0.15, -0.1) is 0 Å². The van der Waals surface area contributed by atoms with Gasteiger partial charge in [-0.05, 0) is 0 Å². The molecular weight excluding hydrogens is 707 g/mol. The van der Waals surface area contributed by atoms with Crippen molar-refractivity contribution in [2.45, 2.75) is 94.8 Å². The third-order valence-electron chi connectivity index (χ3n) is 11.6. The van der Waals surface area contributed by atoms with Gasteiger partial charge in [0, 0.05) is 0 Å². The predicted octanol–water partition coefficient (Wildman–Crippen LogP) is 13.5. The number of allylic oxidation sites excluding steroid dienone is 4. The number of fused-ring (bicyclic) bond motifs is 8. The van der Waals surface area contributed by atoms with Crippen LogP contribution in [0, 0.1) is 0 Å². The van der Waals surface area contributed by atoms with Gasteiger partial charge in [-0.3, -0.25) is 0 Å². The molecule has 2 aliphatic carbocycles. The molecule has 0 radical (unpaired) electrons. The number of benzene rings is 4. The zero-order valence-electron chi connectivity index (χ0n) is 28.0. The first-order valence-electron chi connectivity index (χ1n) is 18.0. The van der Waals surface area contributed by atoms with E-state index < -0.39 is 20.0 Å². The van der Waals surface area contributed by atoms with Crippen LogP contribution in [0.1, 0.15) is 109 Å². The quantitative estimate of drug-likeness (QED) is 0.141. The zero-order chi connectivity index (χ0) is 31.0. The van der Waals surface area contributed by atoms with Gasteiger partial charge in [-0.2, -0.15) is 0 Å². The Bertz CT molecular complexity index is 1610.